The van der Waals surface area contributed by atoms with E-state index in [9.17, 15) is 14.4 Å². The van der Waals surface area contributed by atoms with Gasteiger partial charge in [0.25, 0.3) is 0 Å². The molecule has 0 bridgehead atoms. The van der Waals surface area contributed by atoms with E-state index in [1.165, 1.54) is 0 Å². The zero-order chi connectivity index (χ0) is 18.2. The molecule has 5 heteroatoms. The Labute approximate surface area is 145 Å². The summed E-state index contributed by atoms with van der Waals surface area (Å²) in [6.45, 7) is 0. The van der Waals surface area contributed by atoms with Crippen molar-refractivity contribution >= 4 is 17.7 Å². The Balaban J connectivity index is 2.08. The third-order valence-corrected chi connectivity index (χ3v) is 4.00. The number of carboxylic acids is 2. The molecule has 25 heavy (non-hydrogen) atoms. The van der Waals surface area contributed by atoms with Crippen LogP contribution in [0.1, 0.15) is 24.8 Å². The molecule has 0 radical (unpaired) electrons. The number of hydrogen-bond acceptors (Lipinski definition) is 3. The fourth-order valence-electron chi connectivity index (χ4n) is 2.69. The lowest BCUT2D eigenvalue weighted by molar-refractivity contribution is -0.141. The first-order chi connectivity index (χ1) is 12.0. The van der Waals surface area contributed by atoms with Crippen LogP contribution in [0.3, 0.4) is 0 Å². The molecule has 130 valence electrons. The smallest absolute Gasteiger partial charge is 0.304 e. The number of carbonyl (C=O) groups is 3. The largest absolute Gasteiger partial charge is 0.481 e. The summed E-state index contributed by atoms with van der Waals surface area (Å²) < 4.78 is 0. The molecule has 1 atom stereocenters. The predicted molar refractivity (Wildman–Crippen MR) is 93.2 cm³/mol. The van der Waals surface area contributed by atoms with Crippen LogP contribution in [-0.4, -0.2) is 27.9 Å². The van der Waals surface area contributed by atoms with Crippen molar-refractivity contribution < 1.29 is 24.6 Å². The minimum Gasteiger partial charge on any atom is -0.481 e. The van der Waals surface area contributed by atoms with Gasteiger partial charge in [-0.2, -0.15) is 0 Å². The van der Waals surface area contributed by atoms with Crippen molar-refractivity contribution in [2.45, 2.75) is 25.7 Å². The van der Waals surface area contributed by atoms with E-state index in [-0.39, 0.29) is 25.0 Å². The molecule has 0 aliphatic carbocycles. The molecule has 0 heterocycles. The van der Waals surface area contributed by atoms with Crippen LogP contribution >= 0.6 is 0 Å². The SMILES string of the molecule is O=C(O)CCC(=O)[C@@H](CC(=O)O)Cc1ccc(-c2ccccc2)cc1. The molecule has 2 N–H and O–H groups in total. The summed E-state index contributed by atoms with van der Waals surface area (Å²) in [6, 6.07) is 17.5. The fourth-order valence-corrected chi connectivity index (χ4v) is 2.69. The van der Waals surface area contributed by atoms with Crippen molar-refractivity contribution in [1.82, 2.24) is 0 Å². The highest BCUT2D eigenvalue weighted by Gasteiger charge is 2.22. The second-order valence-electron chi connectivity index (χ2n) is 5.92. The molecule has 0 saturated heterocycles. The highest BCUT2D eigenvalue weighted by Crippen LogP contribution is 2.22. The van der Waals surface area contributed by atoms with Crippen LogP contribution < -0.4 is 0 Å². The van der Waals surface area contributed by atoms with E-state index in [2.05, 4.69) is 0 Å². The summed E-state index contributed by atoms with van der Waals surface area (Å²) in [5.41, 5.74) is 2.97. The maximum atomic E-state index is 12.1. The highest BCUT2D eigenvalue weighted by atomic mass is 16.4. The van der Waals surface area contributed by atoms with Gasteiger partial charge in [0.15, 0.2) is 0 Å². The van der Waals surface area contributed by atoms with Gasteiger partial charge in [-0.05, 0) is 23.1 Å². The number of carbonyl (C=O) groups excluding carboxylic acids is 1. The summed E-state index contributed by atoms with van der Waals surface area (Å²) in [5.74, 6) is -3.15. The van der Waals surface area contributed by atoms with Crippen molar-refractivity contribution in [3.63, 3.8) is 0 Å². The van der Waals surface area contributed by atoms with Gasteiger partial charge in [-0.25, -0.2) is 0 Å². The molecule has 0 aliphatic rings. The van der Waals surface area contributed by atoms with E-state index in [0.717, 1.165) is 16.7 Å². The van der Waals surface area contributed by atoms with Gasteiger partial charge in [0.2, 0.25) is 0 Å². The lowest BCUT2D eigenvalue weighted by Gasteiger charge is -2.14. The normalized spacial score (nSPS) is 11.7. The summed E-state index contributed by atoms with van der Waals surface area (Å²) in [5, 5.41) is 17.7. The Morgan fingerprint density at radius 2 is 1.36 bits per heavy atom. The molecular weight excluding hydrogens is 320 g/mol. The zero-order valence-corrected chi connectivity index (χ0v) is 13.7. The third kappa shape index (κ3) is 5.88. The van der Waals surface area contributed by atoms with Crippen LogP contribution in [0.2, 0.25) is 0 Å². The molecule has 5 nitrogen and oxygen atoms in total. The average Bonchev–Trinajstić information content (AvgIpc) is 2.60. The maximum absolute atomic E-state index is 12.1. The predicted octanol–water partition coefficient (Wildman–Crippen LogP) is 3.42. The molecular formula is C20H20O5. The van der Waals surface area contributed by atoms with E-state index < -0.39 is 17.9 Å². The number of ketones is 1. The lowest BCUT2D eigenvalue weighted by atomic mass is 9.89. The first-order valence-electron chi connectivity index (χ1n) is 8.06. The molecule has 0 spiro atoms. The van der Waals surface area contributed by atoms with Crippen LogP contribution in [-0.2, 0) is 20.8 Å². The van der Waals surface area contributed by atoms with Crippen molar-refractivity contribution in [3.05, 3.63) is 60.2 Å². The topological polar surface area (TPSA) is 91.7 Å². The Kier molecular flexibility index (Phi) is 6.46. The number of benzene rings is 2. The van der Waals surface area contributed by atoms with Gasteiger partial charge >= 0.3 is 11.9 Å². The molecule has 2 aromatic carbocycles. The Bertz CT molecular complexity index is 734. The van der Waals surface area contributed by atoms with E-state index in [0.29, 0.717) is 6.42 Å². The third-order valence-electron chi connectivity index (χ3n) is 4.00. The number of carboxylic acid groups (broad SMARTS) is 2. The molecule has 0 amide bonds. The first-order valence-corrected chi connectivity index (χ1v) is 8.06. The van der Waals surface area contributed by atoms with Gasteiger partial charge < -0.3 is 10.2 Å². The molecule has 0 saturated carbocycles. The van der Waals surface area contributed by atoms with Crippen LogP contribution in [0, 0.1) is 5.92 Å². The lowest BCUT2D eigenvalue weighted by Crippen LogP contribution is -2.21. The Hall–Kier alpha value is -2.95. The minimum atomic E-state index is -1.06. The molecule has 2 aromatic rings. The van der Waals surface area contributed by atoms with Crippen LogP contribution in [0.15, 0.2) is 54.6 Å². The number of aliphatic carboxylic acids is 2. The van der Waals surface area contributed by atoms with E-state index in [1.54, 1.807) is 0 Å². The van der Waals surface area contributed by atoms with Crippen molar-refractivity contribution in [3.8, 4) is 11.1 Å². The van der Waals surface area contributed by atoms with E-state index in [4.69, 9.17) is 10.2 Å². The summed E-state index contributed by atoms with van der Waals surface area (Å²) >= 11 is 0. The van der Waals surface area contributed by atoms with Crippen LogP contribution in [0.4, 0.5) is 0 Å². The molecule has 2 rings (SSSR count). The quantitative estimate of drug-likeness (QED) is 0.730. The van der Waals surface area contributed by atoms with Gasteiger partial charge in [0.1, 0.15) is 5.78 Å². The molecule has 0 aliphatic heterocycles. The van der Waals surface area contributed by atoms with Crippen molar-refractivity contribution in [2.24, 2.45) is 5.92 Å². The maximum Gasteiger partial charge on any atom is 0.304 e. The van der Waals surface area contributed by atoms with Gasteiger partial charge in [0, 0.05) is 12.3 Å². The first kappa shape index (κ1) is 18.4. The number of hydrogen-bond donors (Lipinski definition) is 2. The van der Waals surface area contributed by atoms with Gasteiger partial charge in [-0.15, -0.1) is 0 Å². The van der Waals surface area contributed by atoms with Crippen molar-refractivity contribution in [2.75, 3.05) is 0 Å². The highest BCUT2D eigenvalue weighted by molar-refractivity contribution is 5.87. The molecule has 0 fully saturated rings. The van der Waals surface area contributed by atoms with E-state index in [1.807, 2.05) is 54.6 Å². The fraction of sp³-hybridized carbons (Fsp3) is 0.250. The monoisotopic (exact) mass is 340 g/mol. The second-order valence-corrected chi connectivity index (χ2v) is 5.92. The number of rotatable bonds is 9. The summed E-state index contributed by atoms with van der Waals surface area (Å²) in [7, 11) is 0. The van der Waals surface area contributed by atoms with Crippen molar-refractivity contribution in [1.29, 1.82) is 0 Å². The van der Waals surface area contributed by atoms with Gasteiger partial charge in [-0.3, -0.25) is 14.4 Å². The van der Waals surface area contributed by atoms with Gasteiger partial charge in [-0.1, -0.05) is 54.6 Å². The minimum absolute atomic E-state index is 0.143. The Morgan fingerprint density at radius 1 is 0.760 bits per heavy atom. The standard InChI is InChI=1S/C20H20O5/c21-18(10-11-19(22)23)17(13-20(24)25)12-14-6-8-16(9-7-14)15-4-2-1-3-5-15/h1-9,17H,10-13H2,(H,22,23)(H,24,25)/t17-/m1/s1. The van der Waals surface area contributed by atoms with Gasteiger partial charge in [0.05, 0.1) is 12.8 Å². The summed E-state index contributed by atoms with van der Waals surface area (Å²) in [6.07, 6.45) is -0.421. The summed E-state index contributed by atoms with van der Waals surface area (Å²) in [4.78, 5) is 33.8. The molecule has 0 aromatic heterocycles. The van der Waals surface area contributed by atoms with Crippen LogP contribution in [0.5, 0.6) is 0 Å². The second kappa shape index (κ2) is 8.78. The Morgan fingerprint density at radius 3 is 1.92 bits per heavy atom. The number of Topliss-reactive ketones (excluding diaryl/α,β-unsaturated/α-hetero) is 1. The van der Waals surface area contributed by atoms with Crippen LogP contribution in [0.25, 0.3) is 11.1 Å². The average molecular weight is 340 g/mol. The zero-order valence-electron chi connectivity index (χ0n) is 13.7. The molecule has 0 unspecified atom stereocenters. The van der Waals surface area contributed by atoms with E-state index >= 15 is 0 Å².